The van der Waals surface area contributed by atoms with E-state index in [0.29, 0.717) is 31.4 Å². The molecular formula is C26H28FN3O4S2. The van der Waals surface area contributed by atoms with E-state index in [1.54, 1.807) is 13.0 Å². The van der Waals surface area contributed by atoms with E-state index in [0.717, 1.165) is 34.7 Å². The maximum Gasteiger partial charge on any atom is 0.311 e. The third kappa shape index (κ3) is 6.05. The number of thiazole rings is 1. The number of nitrogens with one attached hydrogen (secondary N) is 1. The number of amides is 1. The van der Waals surface area contributed by atoms with Gasteiger partial charge in [-0.25, -0.2) is 9.37 Å². The second-order valence-electron chi connectivity index (χ2n) is 8.92. The maximum atomic E-state index is 13.6. The zero-order chi connectivity index (χ0) is 25.1. The topological polar surface area (TPSA) is 80.8 Å². The first-order valence-electron chi connectivity index (χ1n) is 12.1. The maximum absolute atomic E-state index is 13.6. The molecule has 1 fully saturated rings. The number of nitrogens with zero attached hydrogens (tertiary/aromatic N) is 2. The summed E-state index contributed by atoms with van der Waals surface area (Å²) in [5, 5.41) is 6.88. The smallest absolute Gasteiger partial charge is 0.311 e. The lowest BCUT2D eigenvalue weighted by Gasteiger charge is -2.33. The fourth-order valence-electron chi connectivity index (χ4n) is 4.65. The van der Waals surface area contributed by atoms with Crippen LogP contribution in [0.15, 0.2) is 40.1 Å². The van der Waals surface area contributed by atoms with Gasteiger partial charge in [-0.3, -0.25) is 14.5 Å². The number of carbonyl (C=O) groups is 2. The van der Waals surface area contributed by atoms with Crippen LogP contribution < -0.4 is 5.32 Å². The number of thioether (sulfide) groups is 1. The predicted octanol–water partition coefficient (Wildman–Crippen LogP) is 3.60. The zero-order valence-corrected chi connectivity index (χ0v) is 21.6. The summed E-state index contributed by atoms with van der Waals surface area (Å²) in [5.74, 6) is 0.0590. The number of esters is 1. The van der Waals surface area contributed by atoms with Crippen LogP contribution in [0.3, 0.4) is 0 Å². The van der Waals surface area contributed by atoms with Crippen molar-refractivity contribution in [2.45, 2.75) is 29.7 Å². The van der Waals surface area contributed by atoms with Gasteiger partial charge in [-0.2, -0.15) is 0 Å². The van der Waals surface area contributed by atoms with Crippen LogP contribution in [0.25, 0.3) is 10.8 Å². The lowest BCUT2D eigenvalue weighted by atomic mass is 10.1. The third-order valence-corrected chi connectivity index (χ3v) is 8.45. The largest absolute Gasteiger partial charge is 0.466 e. The summed E-state index contributed by atoms with van der Waals surface area (Å²) in [4.78, 5) is 30.7. The second kappa shape index (κ2) is 11.2. The molecule has 1 N–H and O–H groups in total. The Morgan fingerprint density at radius 1 is 1.33 bits per heavy atom. The number of ether oxygens (including phenoxy) is 2. The Bertz CT molecular complexity index is 1270. The number of rotatable bonds is 10. The van der Waals surface area contributed by atoms with Gasteiger partial charge in [-0.15, -0.1) is 11.3 Å². The van der Waals surface area contributed by atoms with Crippen LogP contribution in [0.1, 0.15) is 29.7 Å². The number of benzene rings is 2. The molecular weight excluding hydrogens is 501 g/mol. The van der Waals surface area contributed by atoms with E-state index in [9.17, 15) is 14.0 Å². The van der Waals surface area contributed by atoms with Crippen molar-refractivity contribution in [2.75, 3.05) is 45.1 Å². The molecule has 5 rings (SSSR count). The molecule has 3 aromatic rings. The summed E-state index contributed by atoms with van der Waals surface area (Å²) in [6.07, 6.45) is 0.0873. The molecule has 0 saturated carbocycles. The molecule has 2 atom stereocenters. The minimum absolute atomic E-state index is 0.0588. The van der Waals surface area contributed by atoms with Gasteiger partial charge in [-0.05, 0) is 41.0 Å². The van der Waals surface area contributed by atoms with Crippen molar-refractivity contribution < 1.29 is 23.5 Å². The molecule has 2 aromatic carbocycles. The average molecular weight is 530 g/mol. The second-order valence-corrected chi connectivity index (χ2v) is 11.0. The van der Waals surface area contributed by atoms with E-state index in [1.807, 2.05) is 17.5 Å². The summed E-state index contributed by atoms with van der Waals surface area (Å²) < 4.78 is 25.1. The molecule has 1 aliphatic heterocycles. The lowest BCUT2D eigenvalue weighted by Crippen LogP contribution is -2.48. The van der Waals surface area contributed by atoms with Gasteiger partial charge in [0.25, 0.3) is 0 Å². The van der Waals surface area contributed by atoms with Crippen LogP contribution in [0.2, 0.25) is 0 Å². The fraction of sp³-hybridized carbons (Fsp3) is 0.423. The van der Waals surface area contributed by atoms with Crippen molar-refractivity contribution in [3.63, 3.8) is 0 Å². The molecule has 2 aliphatic rings. The van der Waals surface area contributed by atoms with Crippen LogP contribution in [0.4, 0.5) is 4.39 Å². The summed E-state index contributed by atoms with van der Waals surface area (Å²) in [7, 11) is 0. The van der Waals surface area contributed by atoms with Crippen LogP contribution in [-0.4, -0.2) is 73.0 Å². The number of aromatic nitrogens is 1. The van der Waals surface area contributed by atoms with Gasteiger partial charge in [0.15, 0.2) is 4.34 Å². The number of hydrogen-bond acceptors (Lipinski definition) is 8. The van der Waals surface area contributed by atoms with Crippen molar-refractivity contribution in [3.8, 4) is 0 Å². The predicted molar refractivity (Wildman–Crippen MR) is 138 cm³/mol. The van der Waals surface area contributed by atoms with Crippen molar-refractivity contribution in [1.82, 2.24) is 15.2 Å². The standard InChI is InChI=1S/C26H28FN3O4S2/c1-2-33-24(32)10-18-14-35-26(29-18)36-15-23(31)28-11-19-12-30(7-8-34-19)13-22-21-5-3-16-9-17(27)4-6-20(16)25(21)22/h3-6,9,14,19,22H,2,7-8,10-13,15H2,1H3,(H,28,31)/t19-,22-/m0/s1. The normalized spacial score (nSPS) is 19.2. The SMILES string of the molecule is CCOC(=O)Cc1csc(SCC(=O)NC[C@H]2CN(C[C@H]3c4ccc5cc(F)ccc5c43)CCO2)n1. The van der Waals surface area contributed by atoms with Gasteiger partial charge >= 0.3 is 5.97 Å². The molecule has 7 nitrogen and oxygen atoms in total. The van der Waals surface area contributed by atoms with E-state index >= 15 is 0 Å². The number of morpholine rings is 1. The highest BCUT2D eigenvalue weighted by molar-refractivity contribution is 8.01. The molecule has 1 saturated heterocycles. The molecule has 10 heteroatoms. The number of fused-ring (bicyclic) bond motifs is 3. The Labute approximate surface area is 217 Å². The molecule has 1 aliphatic carbocycles. The van der Waals surface area contributed by atoms with E-state index in [-0.39, 0.29) is 36.0 Å². The van der Waals surface area contributed by atoms with Crippen molar-refractivity contribution in [2.24, 2.45) is 0 Å². The summed E-state index contributed by atoms with van der Waals surface area (Å²) in [6.45, 7) is 5.74. The molecule has 0 radical (unpaired) electrons. The van der Waals surface area contributed by atoms with E-state index in [2.05, 4.69) is 21.3 Å². The Kier molecular flexibility index (Phi) is 7.85. The summed E-state index contributed by atoms with van der Waals surface area (Å²) in [6, 6.07) is 9.11. The monoisotopic (exact) mass is 529 g/mol. The van der Waals surface area contributed by atoms with Gasteiger partial charge < -0.3 is 14.8 Å². The van der Waals surface area contributed by atoms with Gasteiger partial charge in [0.2, 0.25) is 5.91 Å². The van der Waals surface area contributed by atoms with Crippen molar-refractivity contribution in [3.05, 3.63) is 58.3 Å². The van der Waals surface area contributed by atoms with Crippen LogP contribution in [0.5, 0.6) is 0 Å². The molecule has 1 aromatic heterocycles. The summed E-state index contributed by atoms with van der Waals surface area (Å²) >= 11 is 2.78. The van der Waals surface area contributed by atoms with Crippen LogP contribution in [0, 0.1) is 5.82 Å². The van der Waals surface area contributed by atoms with Gasteiger partial charge in [0.1, 0.15) is 5.82 Å². The number of halogens is 1. The highest BCUT2D eigenvalue weighted by Crippen LogP contribution is 2.48. The minimum atomic E-state index is -0.298. The highest BCUT2D eigenvalue weighted by Gasteiger charge is 2.36. The summed E-state index contributed by atoms with van der Waals surface area (Å²) in [5.41, 5.74) is 3.33. The molecule has 1 amide bonds. The molecule has 0 unspecified atom stereocenters. The van der Waals surface area contributed by atoms with E-state index in [4.69, 9.17) is 9.47 Å². The number of hydrogen-bond donors (Lipinski definition) is 1. The molecule has 0 bridgehead atoms. The highest BCUT2D eigenvalue weighted by atomic mass is 32.2. The Hall–Kier alpha value is -2.53. The lowest BCUT2D eigenvalue weighted by molar-refractivity contribution is -0.142. The third-order valence-electron chi connectivity index (χ3n) is 6.38. The van der Waals surface area contributed by atoms with E-state index < -0.39 is 0 Å². The van der Waals surface area contributed by atoms with E-state index in [1.165, 1.54) is 40.3 Å². The molecule has 190 valence electrons. The first-order valence-corrected chi connectivity index (χ1v) is 13.9. The van der Waals surface area contributed by atoms with Crippen molar-refractivity contribution in [1.29, 1.82) is 0 Å². The van der Waals surface area contributed by atoms with Gasteiger partial charge in [0, 0.05) is 37.5 Å². The van der Waals surface area contributed by atoms with Gasteiger partial charge in [0.05, 0.1) is 37.2 Å². The quantitative estimate of drug-likeness (QED) is 0.318. The van der Waals surface area contributed by atoms with Crippen LogP contribution >= 0.6 is 23.1 Å². The Balaban J connectivity index is 1.05. The molecule has 36 heavy (non-hydrogen) atoms. The van der Waals surface area contributed by atoms with Gasteiger partial charge in [-0.1, -0.05) is 30.0 Å². The molecule has 2 heterocycles. The first-order chi connectivity index (χ1) is 17.5. The van der Waals surface area contributed by atoms with Crippen molar-refractivity contribution >= 4 is 45.7 Å². The van der Waals surface area contributed by atoms with Crippen LogP contribution in [-0.2, 0) is 25.5 Å². The Morgan fingerprint density at radius 2 is 2.22 bits per heavy atom. The molecule has 0 spiro atoms. The Morgan fingerprint density at radius 3 is 3.08 bits per heavy atom. The average Bonchev–Trinajstić information content (AvgIpc) is 3.37. The first kappa shape index (κ1) is 25.1. The zero-order valence-electron chi connectivity index (χ0n) is 20.0. The minimum Gasteiger partial charge on any atom is -0.466 e. The number of carbonyl (C=O) groups excluding carboxylic acids is 2. The fourth-order valence-corrected chi connectivity index (χ4v) is 6.33.